The number of nitrogens with one attached hydrogen (secondary N) is 3. The molecule has 10 N–H and O–H groups in total. The predicted molar refractivity (Wildman–Crippen MR) is 278 cm³/mol. The molecule has 2 bridgehead atoms. The summed E-state index contributed by atoms with van der Waals surface area (Å²) in [6.45, 7) is 11.1. The zero-order chi connectivity index (χ0) is 55.6. The lowest BCUT2D eigenvalue weighted by Gasteiger charge is -2.66. The number of phosphoric ester groups is 2. The smallest absolute Gasteiger partial charge is 0.481 e. The van der Waals surface area contributed by atoms with Gasteiger partial charge in [-0.05, 0) is 63.5 Å². The highest BCUT2D eigenvalue weighted by molar-refractivity contribution is 7.99. The number of thioether (sulfide) groups is 1. The Labute approximate surface area is 446 Å². The topological polar surface area (TPSA) is 351 Å². The number of phosphoric acid groups is 2. The van der Waals surface area contributed by atoms with Gasteiger partial charge in [0.1, 0.15) is 52.4 Å². The molecule has 0 saturated carbocycles. The van der Waals surface area contributed by atoms with Crippen molar-refractivity contribution in [2.24, 2.45) is 17.3 Å². The molecule has 1 aliphatic carbocycles. The Kier molecular flexibility index (Phi) is 13.9. The van der Waals surface area contributed by atoms with Crippen LogP contribution in [0.2, 0.25) is 0 Å². The van der Waals surface area contributed by atoms with E-state index in [1.165, 1.54) is 41.2 Å². The molecule has 4 amide bonds. The number of benzene rings is 1. The fraction of sp³-hybridized carbons (Fsp3) is 0.592. The number of anilines is 1. The van der Waals surface area contributed by atoms with Crippen LogP contribution in [0.15, 0.2) is 36.8 Å². The maximum atomic E-state index is 15.0. The number of nitrogen functional groups attached to an aromatic ring is 1. The van der Waals surface area contributed by atoms with Crippen LogP contribution in [-0.2, 0) is 51.8 Å². The monoisotopic (exact) mass is 1130 g/mol. The second-order valence-electron chi connectivity index (χ2n) is 22.6. The molecule has 6 aliphatic heterocycles. The number of hydrogen-bond acceptors (Lipinski definition) is 18. The minimum absolute atomic E-state index is 0.125. The highest BCUT2D eigenvalue weighted by atomic mass is 32.2. The SMILES string of the molecule is CC1C(COP(=O)(O)OP(=O)(O)OCC(C)(C)[C@H](O)C(=O)NCCC(=O)NCCSC2c3c(n(O)c4c5c(ccc34)OC(C)(C)C=C5)C(C)(C)C3CC45CCCN4C(=O)[C@]23NC5=O)OC(n2ccc3c(N)ncnc32)C1O. The summed E-state index contributed by atoms with van der Waals surface area (Å²) >= 11 is 1.40. The molecular weight excluding hydrogens is 1060 g/mol. The van der Waals surface area contributed by atoms with Crippen molar-refractivity contribution in [3.63, 3.8) is 0 Å². The zero-order valence-corrected chi connectivity index (χ0v) is 46.1. The molecule has 25 nitrogen and oxygen atoms in total. The van der Waals surface area contributed by atoms with Gasteiger partial charge in [-0.15, -0.1) is 11.8 Å². The predicted octanol–water partition coefficient (Wildman–Crippen LogP) is 3.56. The van der Waals surface area contributed by atoms with E-state index in [2.05, 4.69) is 30.2 Å². The number of amides is 4. The third-order valence-corrected chi connectivity index (χ3v) is 20.3. The molecule has 9 heterocycles. The second kappa shape index (κ2) is 19.3. The molecule has 0 radical (unpaired) electrons. The van der Waals surface area contributed by atoms with Gasteiger partial charge in [-0.25, -0.2) is 19.1 Å². The number of nitrogens with zero attached hydrogens (tertiary/aromatic N) is 5. The first-order valence-electron chi connectivity index (χ1n) is 25.4. The molecule has 77 heavy (non-hydrogen) atoms. The highest BCUT2D eigenvalue weighted by Crippen LogP contribution is 2.66. The number of aliphatic hydroxyl groups excluding tert-OH is 2. The van der Waals surface area contributed by atoms with Gasteiger partial charge in [-0.2, -0.15) is 9.04 Å². The number of carbonyl (C=O) groups excluding carboxylic acids is 4. The molecule has 3 aromatic heterocycles. The van der Waals surface area contributed by atoms with Gasteiger partial charge in [0.05, 0.1) is 41.2 Å². The van der Waals surface area contributed by atoms with Gasteiger partial charge in [0.15, 0.2) is 6.23 Å². The van der Waals surface area contributed by atoms with Crippen LogP contribution < -0.4 is 26.4 Å². The van der Waals surface area contributed by atoms with Gasteiger partial charge in [0.25, 0.3) is 5.91 Å². The van der Waals surface area contributed by atoms with Gasteiger partial charge >= 0.3 is 15.6 Å². The quantitative estimate of drug-likeness (QED) is 0.0391. The summed E-state index contributed by atoms with van der Waals surface area (Å²) in [5.74, 6) is -1.69. The molecule has 11 atom stereocenters. The fourth-order valence-electron chi connectivity index (χ4n) is 12.3. The first-order chi connectivity index (χ1) is 36.1. The molecule has 5 saturated heterocycles. The van der Waals surface area contributed by atoms with E-state index in [1.807, 2.05) is 52.0 Å². The fourth-order valence-corrected chi connectivity index (χ4v) is 16.0. The van der Waals surface area contributed by atoms with Crippen molar-refractivity contribution in [1.82, 2.24) is 40.1 Å². The minimum atomic E-state index is -5.38. The number of rotatable bonds is 18. The molecule has 5 fully saturated rings. The van der Waals surface area contributed by atoms with Crippen LogP contribution in [0.3, 0.4) is 0 Å². The Balaban J connectivity index is 0.725. The highest BCUT2D eigenvalue weighted by Gasteiger charge is 2.76. The van der Waals surface area contributed by atoms with E-state index in [-0.39, 0.29) is 42.9 Å². The van der Waals surface area contributed by atoms with E-state index in [0.717, 1.165) is 5.56 Å². The van der Waals surface area contributed by atoms with Crippen molar-refractivity contribution in [1.29, 1.82) is 0 Å². The van der Waals surface area contributed by atoms with Gasteiger partial charge < -0.3 is 65.8 Å². The minimum Gasteiger partial charge on any atom is -0.483 e. The average molecular weight is 1130 g/mol. The van der Waals surface area contributed by atoms with E-state index >= 15 is 4.79 Å². The van der Waals surface area contributed by atoms with Crippen molar-refractivity contribution in [2.45, 2.75) is 126 Å². The second-order valence-corrected chi connectivity index (χ2v) is 26.9. The van der Waals surface area contributed by atoms with Crippen molar-refractivity contribution >= 4 is 84.9 Å². The molecule has 1 aromatic carbocycles. The van der Waals surface area contributed by atoms with Gasteiger partial charge in [-0.1, -0.05) is 34.6 Å². The molecule has 11 rings (SSSR count). The average Bonchev–Trinajstić information content (AvgIpc) is 4.21. The third kappa shape index (κ3) is 9.23. The Morgan fingerprint density at radius 2 is 1.81 bits per heavy atom. The van der Waals surface area contributed by atoms with Crippen LogP contribution in [0.1, 0.15) is 102 Å². The molecule has 418 valence electrons. The molecule has 4 aromatic rings. The van der Waals surface area contributed by atoms with E-state index in [4.69, 9.17) is 24.3 Å². The van der Waals surface area contributed by atoms with Crippen LogP contribution in [0.25, 0.3) is 28.0 Å². The number of piperidine rings is 2. The Bertz CT molecular complexity index is 3220. The summed E-state index contributed by atoms with van der Waals surface area (Å²) in [6, 6.07) is 5.39. The van der Waals surface area contributed by atoms with E-state index in [9.17, 15) is 48.7 Å². The Morgan fingerprint density at radius 3 is 2.56 bits per heavy atom. The first kappa shape index (κ1) is 55.2. The number of aliphatic hydroxyl groups is 2. The summed E-state index contributed by atoms with van der Waals surface area (Å²) < 4.78 is 55.1. The molecule has 7 aliphatic rings. The van der Waals surface area contributed by atoms with Crippen molar-refractivity contribution in [3.05, 3.63) is 53.6 Å². The third-order valence-electron chi connectivity index (χ3n) is 16.4. The van der Waals surface area contributed by atoms with Crippen molar-refractivity contribution in [3.8, 4) is 5.75 Å². The maximum Gasteiger partial charge on any atom is 0.481 e. The number of aromatic nitrogens is 4. The van der Waals surface area contributed by atoms with Crippen LogP contribution in [0, 0.1) is 17.3 Å². The summed E-state index contributed by atoms with van der Waals surface area (Å²) in [7, 11) is -10.7. The van der Waals surface area contributed by atoms with Crippen molar-refractivity contribution in [2.75, 3.05) is 44.3 Å². The molecule has 28 heteroatoms. The van der Waals surface area contributed by atoms with Crippen molar-refractivity contribution < 1.29 is 76.3 Å². The summed E-state index contributed by atoms with van der Waals surface area (Å²) in [5.41, 5.74) is 3.59. The number of nitrogens with two attached hydrogens (primary N) is 1. The maximum absolute atomic E-state index is 15.0. The van der Waals surface area contributed by atoms with E-state index < -0.39 is 110 Å². The Hall–Kier alpha value is -5.11. The number of carbonyl (C=O) groups is 4. The largest absolute Gasteiger partial charge is 0.483 e. The standard InChI is InChI=1S/C49H65N9O16P2S/c1-25-30(72-42(35(25)60)56-19-13-28-39(50)53-24-54-40(28)56)22-70-75(66,67)74-76(68,69)71-23-45(2,3)37(61)41(62)52-16-12-32(59)51-17-20-77-38-33-27-9-10-29-26(11-15-46(4,5)73-29)34(27)58(65)36(33)47(6,7)31-21-48-14-8-18-57(48)44(64)49(31,38)55-43(48)63/h9-11,13,15,19,24-25,30-31,35,37-38,42,60-61,65H,8,12,14,16-18,20-23H2,1-7H3,(H,51,59)(H,52,62)(H,55,63)(H,66,67)(H,68,69)(H2,50,53,54)/t25?,30?,31?,35?,37-,38?,42?,48?,49-/m1/s1. The number of fused-ring (bicyclic) bond motifs is 7. The van der Waals surface area contributed by atoms with Gasteiger partial charge in [0.2, 0.25) is 17.7 Å². The van der Waals surface area contributed by atoms with E-state index in [0.29, 0.717) is 64.8 Å². The normalized spacial score (nSPS) is 29.7. The molecule has 9 unspecified atom stereocenters. The zero-order valence-electron chi connectivity index (χ0n) is 43.5. The summed E-state index contributed by atoms with van der Waals surface area (Å²) in [6.07, 6.45) is 3.16. The number of hydrogen-bond donors (Lipinski definition) is 9. The van der Waals surface area contributed by atoms with Gasteiger partial charge in [-0.3, -0.25) is 28.2 Å². The molecule has 2 spiro atoms. The van der Waals surface area contributed by atoms with Crippen LogP contribution in [0.5, 0.6) is 5.75 Å². The van der Waals surface area contributed by atoms with Crippen LogP contribution in [0.4, 0.5) is 5.82 Å². The van der Waals surface area contributed by atoms with Crippen LogP contribution >= 0.6 is 27.4 Å². The van der Waals surface area contributed by atoms with E-state index in [1.54, 1.807) is 24.1 Å². The van der Waals surface area contributed by atoms with Gasteiger partial charge in [0, 0.05) is 77.2 Å². The number of ether oxygens (including phenoxy) is 2. The lowest BCUT2D eigenvalue weighted by atomic mass is 9.51. The number of piperazine rings is 1. The molecular formula is C49H65N9O16P2S. The summed E-state index contributed by atoms with van der Waals surface area (Å²) in [4.78, 5) is 86.1. The van der Waals surface area contributed by atoms with Crippen LogP contribution in [-0.4, -0.2) is 147 Å². The lowest BCUT2D eigenvalue weighted by Crippen LogP contribution is -2.85. The lowest BCUT2D eigenvalue weighted by molar-refractivity contribution is -0.179. The Morgan fingerprint density at radius 1 is 1.06 bits per heavy atom. The first-order valence-corrected chi connectivity index (χ1v) is 29.4. The summed E-state index contributed by atoms with van der Waals surface area (Å²) in [5, 5.41) is 43.3.